The van der Waals surface area contributed by atoms with Crippen LogP contribution < -0.4 is 0 Å². The standard InChI is InChI=1S/C10H7FN2O/c11-8-3-1-2-7(4-8)10-5-9(6-14)12-13-10/h1-6H,(H,12,13). The van der Waals surface area contributed by atoms with E-state index in [0.717, 1.165) is 0 Å². The number of nitrogens with one attached hydrogen (secondary N) is 1. The van der Waals surface area contributed by atoms with E-state index in [1.807, 2.05) is 0 Å². The van der Waals surface area contributed by atoms with Crippen molar-refractivity contribution in [1.29, 1.82) is 0 Å². The number of aldehydes is 1. The van der Waals surface area contributed by atoms with Gasteiger partial charge in [-0.05, 0) is 18.2 Å². The molecule has 0 saturated carbocycles. The number of nitrogens with zero attached hydrogens (tertiary/aromatic N) is 1. The number of halogens is 1. The summed E-state index contributed by atoms with van der Waals surface area (Å²) in [4.78, 5) is 10.4. The summed E-state index contributed by atoms with van der Waals surface area (Å²) in [5, 5.41) is 6.41. The number of aromatic amines is 1. The maximum Gasteiger partial charge on any atom is 0.167 e. The summed E-state index contributed by atoms with van der Waals surface area (Å²) in [6.45, 7) is 0. The van der Waals surface area contributed by atoms with Gasteiger partial charge >= 0.3 is 0 Å². The van der Waals surface area contributed by atoms with Gasteiger partial charge in [0, 0.05) is 5.56 Å². The monoisotopic (exact) mass is 190 g/mol. The highest BCUT2D eigenvalue weighted by Crippen LogP contribution is 2.17. The number of aromatic nitrogens is 2. The maximum atomic E-state index is 12.8. The Morgan fingerprint density at radius 2 is 2.21 bits per heavy atom. The van der Waals surface area contributed by atoms with E-state index < -0.39 is 0 Å². The fourth-order valence-electron chi connectivity index (χ4n) is 1.19. The fourth-order valence-corrected chi connectivity index (χ4v) is 1.19. The third kappa shape index (κ3) is 1.54. The van der Waals surface area contributed by atoms with Gasteiger partial charge in [-0.2, -0.15) is 5.10 Å². The van der Waals surface area contributed by atoms with Crippen LogP contribution in [0.2, 0.25) is 0 Å². The lowest BCUT2D eigenvalue weighted by atomic mass is 10.1. The summed E-state index contributed by atoms with van der Waals surface area (Å²) in [6.07, 6.45) is 0.662. The highest BCUT2D eigenvalue weighted by atomic mass is 19.1. The molecule has 4 heteroatoms. The Morgan fingerprint density at radius 1 is 1.36 bits per heavy atom. The molecule has 0 unspecified atom stereocenters. The van der Waals surface area contributed by atoms with E-state index in [9.17, 15) is 9.18 Å². The van der Waals surface area contributed by atoms with Crippen molar-refractivity contribution in [3.63, 3.8) is 0 Å². The molecule has 0 bridgehead atoms. The molecule has 2 aromatic rings. The number of carbonyl (C=O) groups excluding carboxylic acids is 1. The van der Waals surface area contributed by atoms with Crippen LogP contribution in [0.3, 0.4) is 0 Å². The predicted molar refractivity (Wildman–Crippen MR) is 49.4 cm³/mol. The molecule has 14 heavy (non-hydrogen) atoms. The predicted octanol–water partition coefficient (Wildman–Crippen LogP) is 2.03. The molecule has 1 aromatic carbocycles. The van der Waals surface area contributed by atoms with Crippen molar-refractivity contribution in [3.05, 3.63) is 41.8 Å². The molecule has 0 saturated heterocycles. The van der Waals surface area contributed by atoms with Gasteiger partial charge in [0.2, 0.25) is 0 Å². The Labute approximate surface area is 79.6 Å². The van der Waals surface area contributed by atoms with E-state index in [-0.39, 0.29) is 5.82 Å². The first-order valence-electron chi connectivity index (χ1n) is 4.06. The van der Waals surface area contributed by atoms with Gasteiger partial charge in [-0.25, -0.2) is 4.39 Å². The van der Waals surface area contributed by atoms with Crippen molar-refractivity contribution in [2.75, 3.05) is 0 Å². The van der Waals surface area contributed by atoms with Crippen LogP contribution in [0.5, 0.6) is 0 Å². The molecule has 1 aromatic heterocycles. The van der Waals surface area contributed by atoms with E-state index in [1.165, 1.54) is 12.1 Å². The summed E-state index contributed by atoms with van der Waals surface area (Å²) in [6, 6.07) is 7.62. The number of benzene rings is 1. The highest BCUT2D eigenvalue weighted by Gasteiger charge is 2.03. The summed E-state index contributed by atoms with van der Waals surface area (Å²) in [7, 11) is 0. The van der Waals surface area contributed by atoms with Crippen LogP contribution in [0, 0.1) is 5.82 Å². The first-order valence-corrected chi connectivity index (χ1v) is 4.06. The molecule has 0 radical (unpaired) electrons. The van der Waals surface area contributed by atoms with Crippen molar-refractivity contribution in [3.8, 4) is 11.3 Å². The Kier molecular flexibility index (Phi) is 2.10. The molecule has 0 aliphatic heterocycles. The van der Waals surface area contributed by atoms with Crippen LogP contribution in [0.25, 0.3) is 11.3 Å². The van der Waals surface area contributed by atoms with Gasteiger partial charge in [0.25, 0.3) is 0 Å². The van der Waals surface area contributed by atoms with Crippen LogP contribution in [0.4, 0.5) is 4.39 Å². The second-order valence-corrected chi connectivity index (χ2v) is 2.84. The van der Waals surface area contributed by atoms with Gasteiger partial charge in [0.05, 0.1) is 11.4 Å². The normalized spacial score (nSPS) is 10.1. The zero-order valence-electron chi connectivity index (χ0n) is 7.20. The first kappa shape index (κ1) is 8.62. The van der Waals surface area contributed by atoms with Gasteiger partial charge in [-0.3, -0.25) is 9.89 Å². The lowest BCUT2D eigenvalue weighted by molar-refractivity contribution is 0.111. The molecule has 0 amide bonds. The minimum absolute atomic E-state index is 0.321. The van der Waals surface area contributed by atoms with Gasteiger partial charge in [-0.15, -0.1) is 0 Å². The smallest absolute Gasteiger partial charge is 0.167 e. The number of H-pyrrole nitrogens is 1. The Balaban J connectivity index is 2.43. The third-order valence-electron chi connectivity index (χ3n) is 1.85. The number of carbonyl (C=O) groups is 1. The van der Waals surface area contributed by atoms with Crippen molar-refractivity contribution in [1.82, 2.24) is 10.2 Å². The Bertz CT molecular complexity index is 465. The van der Waals surface area contributed by atoms with E-state index in [1.54, 1.807) is 18.2 Å². The van der Waals surface area contributed by atoms with Crippen LogP contribution in [0.15, 0.2) is 30.3 Å². The first-order chi connectivity index (χ1) is 6.79. The topological polar surface area (TPSA) is 45.8 Å². The summed E-state index contributed by atoms with van der Waals surface area (Å²) >= 11 is 0. The van der Waals surface area contributed by atoms with E-state index in [2.05, 4.69) is 10.2 Å². The Hall–Kier alpha value is -1.97. The molecule has 1 N–H and O–H groups in total. The van der Waals surface area contributed by atoms with Gasteiger partial charge in [0.15, 0.2) is 6.29 Å². The third-order valence-corrected chi connectivity index (χ3v) is 1.85. The second kappa shape index (κ2) is 3.41. The molecule has 0 aliphatic rings. The zero-order chi connectivity index (χ0) is 9.97. The highest BCUT2D eigenvalue weighted by molar-refractivity contribution is 5.75. The number of hydrogen-bond donors (Lipinski definition) is 1. The average molecular weight is 190 g/mol. The number of hydrogen-bond acceptors (Lipinski definition) is 2. The molecule has 70 valence electrons. The molecule has 0 atom stereocenters. The summed E-state index contributed by atoms with van der Waals surface area (Å²) in [5.41, 5.74) is 1.59. The van der Waals surface area contributed by atoms with Crippen molar-refractivity contribution < 1.29 is 9.18 Å². The quantitative estimate of drug-likeness (QED) is 0.736. The molecule has 0 spiro atoms. The molecule has 3 nitrogen and oxygen atoms in total. The number of rotatable bonds is 2. The molecular formula is C10H7FN2O. The van der Waals surface area contributed by atoms with Gasteiger partial charge in [-0.1, -0.05) is 12.1 Å². The largest absolute Gasteiger partial charge is 0.296 e. The molecule has 0 fully saturated rings. The van der Waals surface area contributed by atoms with E-state index in [0.29, 0.717) is 23.2 Å². The molecule has 0 aliphatic carbocycles. The SMILES string of the molecule is O=Cc1cc(-c2cccc(F)c2)n[nH]1. The van der Waals surface area contributed by atoms with Gasteiger partial charge in [0.1, 0.15) is 5.82 Å². The van der Waals surface area contributed by atoms with Crippen LogP contribution >= 0.6 is 0 Å². The Morgan fingerprint density at radius 3 is 2.86 bits per heavy atom. The van der Waals surface area contributed by atoms with Crippen molar-refractivity contribution in [2.45, 2.75) is 0 Å². The van der Waals surface area contributed by atoms with Gasteiger partial charge < -0.3 is 0 Å². The van der Waals surface area contributed by atoms with Crippen molar-refractivity contribution >= 4 is 6.29 Å². The van der Waals surface area contributed by atoms with E-state index in [4.69, 9.17) is 0 Å². The zero-order valence-corrected chi connectivity index (χ0v) is 7.20. The van der Waals surface area contributed by atoms with Crippen LogP contribution in [0.1, 0.15) is 10.5 Å². The summed E-state index contributed by atoms with van der Waals surface area (Å²) in [5.74, 6) is -0.321. The fraction of sp³-hybridized carbons (Fsp3) is 0. The second-order valence-electron chi connectivity index (χ2n) is 2.84. The lowest BCUT2D eigenvalue weighted by Crippen LogP contribution is -1.79. The molecule has 1 heterocycles. The molecule has 2 rings (SSSR count). The molecular weight excluding hydrogens is 183 g/mol. The van der Waals surface area contributed by atoms with Crippen LogP contribution in [-0.2, 0) is 0 Å². The maximum absolute atomic E-state index is 12.8. The van der Waals surface area contributed by atoms with Crippen molar-refractivity contribution in [2.24, 2.45) is 0 Å². The minimum Gasteiger partial charge on any atom is -0.296 e. The average Bonchev–Trinajstić information content (AvgIpc) is 2.66. The van der Waals surface area contributed by atoms with Crippen LogP contribution in [-0.4, -0.2) is 16.5 Å². The minimum atomic E-state index is -0.321. The van der Waals surface area contributed by atoms with E-state index >= 15 is 0 Å². The summed E-state index contributed by atoms with van der Waals surface area (Å²) < 4.78 is 12.8. The lowest BCUT2D eigenvalue weighted by Gasteiger charge is -1.94.